The number of nitrogens with one attached hydrogen (secondary N) is 1. The first kappa shape index (κ1) is 12.4. The number of hydrogen-bond donors (Lipinski definition) is 2. The lowest BCUT2D eigenvalue weighted by molar-refractivity contribution is -0.122. The van der Waals surface area contributed by atoms with Crippen molar-refractivity contribution in [3.05, 3.63) is 29.3 Å². The van der Waals surface area contributed by atoms with Gasteiger partial charge >= 0.3 is 0 Å². The number of nitriles is 1. The van der Waals surface area contributed by atoms with Crippen LogP contribution < -0.4 is 11.1 Å². The van der Waals surface area contributed by atoms with Gasteiger partial charge < -0.3 is 11.1 Å². The molecule has 0 bridgehead atoms. The van der Waals surface area contributed by atoms with E-state index < -0.39 is 0 Å². The van der Waals surface area contributed by atoms with Crippen LogP contribution in [-0.2, 0) is 17.8 Å². The van der Waals surface area contributed by atoms with Crippen molar-refractivity contribution in [1.82, 2.24) is 10.2 Å². The van der Waals surface area contributed by atoms with Gasteiger partial charge in [0.1, 0.15) is 6.54 Å². The number of benzene rings is 1. The van der Waals surface area contributed by atoms with Crippen LogP contribution >= 0.6 is 0 Å². The van der Waals surface area contributed by atoms with Crippen LogP contribution in [0, 0.1) is 11.3 Å². The van der Waals surface area contributed by atoms with E-state index >= 15 is 0 Å². The van der Waals surface area contributed by atoms with Crippen LogP contribution in [-0.4, -0.2) is 30.4 Å². The van der Waals surface area contributed by atoms with Crippen molar-refractivity contribution < 1.29 is 4.79 Å². The van der Waals surface area contributed by atoms with E-state index in [9.17, 15) is 4.79 Å². The summed E-state index contributed by atoms with van der Waals surface area (Å²) >= 11 is 0. The minimum atomic E-state index is -0.107. The minimum absolute atomic E-state index is 0.0657. The molecule has 0 saturated heterocycles. The molecule has 1 aliphatic heterocycles. The molecule has 3 N–H and O–H groups in total. The van der Waals surface area contributed by atoms with E-state index in [2.05, 4.69) is 10.2 Å². The molecule has 5 heteroatoms. The minimum Gasteiger partial charge on any atom is -0.398 e. The fraction of sp³-hybridized carbons (Fsp3) is 0.385. The molecule has 18 heavy (non-hydrogen) atoms. The Morgan fingerprint density at radius 3 is 3.17 bits per heavy atom. The maximum atomic E-state index is 11.5. The molecule has 1 aromatic carbocycles. The average molecular weight is 244 g/mol. The molecule has 0 unspecified atom stereocenters. The van der Waals surface area contributed by atoms with Gasteiger partial charge in [-0.15, -0.1) is 0 Å². The summed E-state index contributed by atoms with van der Waals surface area (Å²) < 4.78 is 0. The predicted octanol–water partition coefficient (Wildman–Crippen LogP) is 0.267. The summed E-state index contributed by atoms with van der Waals surface area (Å²) in [5.74, 6) is -0.107. The maximum absolute atomic E-state index is 11.5. The second-order valence-corrected chi connectivity index (χ2v) is 4.38. The van der Waals surface area contributed by atoms with Gasteiger partial charge in [0.15, 0.2) is 0 Å². The molecular weight excluding hydrogens is 228 g/mol. The van der Waals surface area contributed by atoms with Gasteiger partial charge in [-0.3, -0.25) is 9.69 Å². The average Bonchev–Trinajstić information content (AvgIpc) is 2.36. The first-order valence-corrected chi connectivity index (χ1v) is 5.93. The van der Waals surface area contributed by atoms with Gasteiger partial charge in [0.25, 0.3) is 0 Å². The van der Waals surface area contributed by atoms with Crippen LogP contribution in [0.5, 0.6) is 0 Å². The number of nitrogen functional groups attached to an aromatic ring is 1. The molecule has 2 rings (SSSR count). The summed E-state index contributed by atoms with van der Waals surface area (Å²) in [7, 11) is 0. The monoisotopic (exact) mass is 244 g/mol. The third-order valence-electron chi connectivity index (χ3n) is 3.11. The Balaban J connectivity index is 1.96. The van der Waals surface area contributed by atoms with Crippen LogP contribution in [0.25, 0.3) is 0 Å². The van der Waals surface area contributed by atoms with E-state index in [0.29, 0.717) is 6.54 Å². The molecule has 1 aliphatic rings. The van der Waals surface area contributed by atoms with Gasteiger partial charge in [-0.2, -0.15) is 5.26 Å². The fourth-order valence-corrected chi connectivity index (χ4v) is 2.23. The number of amides is 1. The highest BCUT2D eigenvalue weighted by molar-refractivity contribution is 5.78. The Bertz CT molecular complexity index is 492. The molecule has 0 fully saturated rings. The smallest absolute Gasteiger partial charge is 0.235 e. The van der Waals surface area contributed by atoms with Crippen LogP contribution in [0.2, 0.25) is 0 Å². The first-order valence-electron chi connectivity index (χ1n) is 5.93. The van der Waals surface area contributed by atoms with Gasteiger partial charge in [-0.05, 0) is 23.6 Å². The summed E-state index contributed by atoms with van der Waals surface area (Å²) in [5.41, 5.74) is 9.14. The zero-order valence-electron chi connectivity index (χ0n) is 10.1. The van der Waals surface area contributed by atoms with Gasteiger partial charge in [-0.25, -0.2) is 0 Å². The zero-order valence-corrected chi connectivity index (χ0v) is 10.1. The number of anilines is 1. The van der Waals surface area contributed by atoms with E-state index in [1.54, 1.807) is 0 Å². The Hall–Kier alpha value is -2.06. The lowest BCUT2D eigenvalue weighted by Crippen LogP contribution is -2.40. The number of carbonyl (C=O) groups excluding carboxylic acids is 1. The molecule has 5 nitrogen and oxygen atoms in total. The second kappa shape index (κ2) is 5.52. The molecule has 0 saturated carbocycles. The molecular formula is C13H16N4O. The normalized spacial score (nSPS) is 14.6. The Morgan fingerprint density at radius 2 is 2.39 bits per heavy atom. The summed E-state index contributed by atoms with van der Waals surface area (Å²) in [6.07, 6.45) is 0.869. The topological polar surface area (TPSA) is 82.2 Å². The zero-order chi connectivity index (χ0) is 13.0. The fourth-order valence-electron chi connectivity index (χ4n) is 2.23. The predicted molar refractivity (Wildman–Crippen MR) is 68.5 cm³/mol. The van der Waals surface area contributed by atoms with Crippen molar-refractivity contribution in [3.63, 3.8) is 0 Å². The molecule has 1 aromatic rings. The summed E-state index contributed by atoms with van der Waals surface area (Å²) in [5, 5.41) is 10.9. The van der Waals surface area contributed by atoms with Crippen molar-refractivity contribution in [3.8, 4) is 6.07 Å². The standard InChI is InChI=1S/C13H16N4O/c14-5-6-16-13(18)9-17-7-4-11-10(8-17)2-1-3-12(11)15/h1-3H,4,6-9,15H2,(H,16,18). The largest absolute Gasteiger partial charge is 0.398 e. The van der Waals surface area contributed by atoms with Gasteiger partial charge in [0.05, 0.1) is 12.6 Å². The number of rotatable bonds is 3. The van der Waals surface area contributed by atoms with Gasteiger partial charge in [0, 0.05) is 18.8 Å². The van der Waals surface area contributed by atoms with E-state index in [1.165, 1.54) is 11.1 Å². The molecule has 0 atom stereocenters. The number of nitrogens with zero attached hydrogens (tertiary/aromatic N) is 2. The molecule has 0 spiro atoms. The van der Waals surface area contributed by atoms with E-state index in [0.717, 1.165) is 25.2 Å². The summed E-state index contributed by atoms with van der Waals surface area (Å²) in [4.78, 5) is 13.6. The Kier molecular flexibility index (Phi) is 3.80. The molecule has 0 aromatic heterocycles. The molecule has 1 heterocycles. The van der Waals surface area contributed by atoms with Gasteiger partial charge in [-0.1, -0.05) is 12.1 Å². The SMILES string of the molecule is N#CCNC(=O)CN1CCc2c(N)cccc2C1. The van der Waals surface area contributed by atoms with Crippen molar-refractivity contribution in [1.29, 1.82) is 5.26 Å². The van der Waals surface area contributed by atoms with Crippen molar-refractivity contribution >= 4 is 11.6 Å². The van der Waals surface area contributed by atoms with E-state index in [4.69, 9.17) is 11.0 Å². The highest BCUT2D eigenvalue weighted by Gasteiger charge is 2.19. The Morgan fingerprint density at radius 1 is 1.56 bits per heavy atom. The molecule has 0 aliphatic carbocycles. The third kappa shape index (κ3) is 2.79. The number of hydrogen-bond acceptors (Lipinski definition) is 4. The van der Waals surface area contributed by atoms with Crippen LogP contribution in [0.15, 0.2) is 18.2 Å². The van der Waals surface area contributed by atoms with Crippen molar-refractivity contribution in [2.75, 3.05) is 25.4 Å². The third-order valence-corrected chi connectivity index (χ3v) is 3.11. The second-order valence-electron chi connectivity index (χ2n) is 4.38. The lowest BCUT2D eigenvalue weighted by atomic mass is 9.98. The highest BCUT2D eigenvalue weighted by Crippen LogP contribution is 2.23. The quantitative estimate of drug-likeness (QED) is 0.590. The van der Waals surface area contributed by atoms with Crippen LogP contribution in [0.3, 0.4) is 0 Å². The molecule has 94 valence electrons. The maximum Gasteiger partial charge on any atom is 0.235 e. The highest BCUT2D eigenvalue weighted by atomic mass is 16.2. The number of fused-ring (bicyclic) bond motifs is 1. The summed E-state index contributed by atoms with van der Waals surface area (Å²) in [6, 6.07) is 7.79. The van der Waals surface area contributed by atoms with E-state index in [1.807, 2.05) is 24.3 Å². The van der Waals surface area contributed by atoms with Crippen LogP contribution in [0.4, 0.5) is 5.69 Å². The Labute approximate surface area is 106 Å². The lowest BCUT2D eigenvalue weighted by Gasteiger charge is -2.28. The summed E-state index contributed by atoms with van der Waals surface area (Å²) in [6.45, 7) is 1.95. The van der Waals surface area contributed by atoms with Crippen molar-refractivity contribution in [2.24, 2.45) is 0 Å². The number of nitrogens with two attached hydrogens (primary N) is 1. The van der Waals surface area contributed by atoms with Crippen LogP contribution in [0.1, 0.15) is 11.1 Å². The number of carbonyl (C=O) groups is 1. The first-order chi connectivity index (χ1) is 8.70. The van der Waals surface area contributed by atoms with Gasteiger partial charge in [0.2, 0.25) is 5.91 Å². The molecule has 0 radical (unpaired) electrons. The van der Waals surface area contributed by atoms with E-state index in [-0.39, 0.29) is 12.5 Å². The molecule has 1 amide bonds. The van der Waals surface area contributed by atoms with Crippen molar-refractivity contribution in [2.45, 2.75) is 13.0 Å².